The lowest BCUT2D eigenvalue weighted by atomic mass is 10.1. The van der Waals surface area contributed by atoms with E-state index in [-0.39, 0.29) is 12.0 Å². The van der Waals surface area contributed by atoms with E-state index in [4.69, 9.17) is 14.5 Å². The zero-order chi connectivity index (χ0) is 26.4. The van der Waals surface area contributed by atoms with E-state index in [0.717, 1.165) is 35.2 Å². The number of likely N-dealkylation sites (N-methyl/N-ethyl adjacent to an activating group) is 1. The zero-order valence-electron chi connectivity index (χ0n) is 22.1. The number of hydrogen-bond acceptors (Lipinski definition) is 6. The molecular formula is C29H36BrN3O3S. The molecule has 0 N–H and O–H groups in total. The number of carbonyl (C=O) groups excluding carboxylic acids is 1. The van der Waals surface area contributed by atoms with Crippen molar-refractivity contribution in [1.29, 1.82) is 0 Å². The van der Waals surface area contributed by atoms with Crippen LogP contribution in [0.25, 0.3) is 6.08 Å². The molecule has 1 amide bonds. The standard InChI is InChI=1S/C29H36BrN3O3S/c1-5-20(4)36-27-24(30)17-21(18-25(27)35-7-3)19-26-28(34)33(6-2)29(37-26)31-22-11-13-23(14-12-22)32-15-9-8-10-16-32/h11-14,17-20H,5-10,15-16H2,1-4H3/b26-19-,31-29?/t20-/m0/s1. The van der Waals surface area contributed by atoms with E-state index in [0.29, 0.717) is 34.7 Å². The minimum Gasteiger partial charge on any atom is -0.490 e. The Bertz CT molecular complexity index is 1160. The van der Waals surface area contributed by atoms with Crippen molar-refractivity contribution in [2.75, 3.05) is 31.1 Å². The second-order valence-corrected chi connectivity index (χ2v) is 11.1. The maximum atomic E-state index is 13.2. The van der Waals surface area contributed by atoms with Crippen molar-refractivity contribution in [1.82, 2.24) is 4.90 Å². The molecule has 0 aliphatic carbocycles. The number of amidine groups is 1. The average molecular weight is 587 g/mol. The van der Waals surface area contributed by atoms with Gasteiger partial charge in [0, 0.05) is 25.3 Å². The summed E-state index contributed by atoms with van der Waals surface area (Å²) in [6, 6.07) is 12.2. The van der Waals surface area contributed by atoms with Gasteiger partial charge in [-0.3, -0.25) is 9.69 Å². The number of anilines is 1. The molecule has 2 heterocycles. The van der Waals surface area contributed by atoms with Crippen LogP contribution in [0.3, 0.4) is 0 Å². The van der Waals surface area contributed by atoms with E-state index in [1.165, 1.54) is 36.7 Å². The largest absolute Gasteiger partial charge is 0.490 e. The van der Waals surface area contributed by atoms with Gasteiger partial charge in [-0.25, -0.2) is 4.99 Å². The van der Waals surface area contributed by atoms with E-state index in [2.05, 4.69) is 39.9 Å². The number of aliphatic imine (C=N–C) groups is 1. The molecule has 4 rings (SSSR count). The summed E-state index contributed by atoms with van der Waals surface area (Å²) in [4.78, 5) is 22.9. The number of thioether (sulfide) groups is 1. The van der Waals surface area contributed by atoms with Crippen molar-refractivity contribution in [3.63, 3.8) is 0 Å². The maximum absolute atomic E-state index is 13.2. The Balaban J connectivity index is 1.57. The molecule has 198 valence electrons. The molecule has 0 spiro atoms. The molecule has 2 saturated heterocycles. The summed E-state index contributed by atoms with van der Waals surface area (Å²) >= 11 is 5.05. The van der Waals surface area contributed by atoms with E-state index in [1.807, 2.05) is 51.1 Å². The third-order valence-electron chi connectivity index (χ3n) is 6.52. The highest BCUT2D eigenvalue weighted by Crippen LogP contribution is 2.40. The second kappa shape index (κ2) is 12.9. The van der Waals surface area contributed by atoms with Crippen molar-refractivity contribution >= 4 is 56.2 Å². The van der Waals surface area contributed by atoms with Gasteiger partial charge in [-0.1, -0.05) is 6.92 Å². The highest BCUT2D eigenvalue weighted by atomic mass is 79.9. The molecule has 37 heavy (non-hydrogen) atoms. The van der Waals surface area contributed by atoms with Crippen LogP contribution in [0, 0.1) is 0 Å². The summed E-state index contributed by atoms with van der Waals surface area (Å²) in [5, 5.41) is 0.699. The van der Waals surface area contributed by atoms with Crippen LogP contribution in [0.1, 0.15) is 58.9 Å². The van der Waals surface area contributed by atoms with Crippen LogP contribution in [0.15, 0.2) is 50.8 Å². The third kappa shape index (κ3) is 6.71. The summed E-state index contributed by atoms with van der Waals surface area (Å²) in [7, 11) is 0. The molecule has 0 bridgehead atoms. The van der Waals surface area contributed by atoms with Crippen LogP contribution in [0.4, 0.5) is 11.4 Å². The zero-order valence-corrected chi connectivity index (χ0v) is 24.5. The molecule has 0 aromatic heterocycles. The van der Waals surface area contributed by atoms with Crippen molar-refractivity contribution in [2.45, 2.75) is 59.5 Å². The molecule has 0 saturated carbocycles. The van der Waals surface area contributed by atoms with Gasteiger partial charge in [-0.2, -0.15) is 0 Å². The average Bonchev–Trinajstić information content (AvgIpc) is 3.20. The summed E-state index contributed by atoms with van der Waals surface area (Å²) < 4.78 is 12.8. The number of carbonyl (C=O) groups is 1. The Morgan fingerprint density at radius 2 is 1.84 bits per heavy atom. The van der Waals surface area contributed by atoms with E-state index >= 15 is 0 Å². The molecule has 1 atom stereocenters. The summed E-state index contributed by atoms with van der Waals surface area (Å²) in [5.41, 5.74) is 2.96. The predicted octanol–water partition coefficient (Wildman–Crippen LogP) is 7.64. The normalized spacial score (nSPS) is 19.1. The molecular weight excluding hydrogens is 550 g/mol. The predicted molar refractivity (Wildman–Crippen MR) is 158 cm³/mol. The van der Waals surface area contributed by atoms with Gasteiger partial charge in [-0.05, 0) is 122 Å². The van der Waals surface area contributed by atoms with E-state index < -0.39 is 0 Å². The Hall–Kier alpha value is -2.45. The first-order chi connectivity index (χ1) is 17.9. The number of ether oxygens (including phenoxy) is 2. The molecule has 2 aromatic carbocycles. The Morgan fingerprint density at radius 1 is 1.11 bits per heavy atom. The fraction of sp³-hybridized carbons (Fsp3) is 0.448. The fourth-order valence-electron chi connectivity index (χ4n) is 4.36. The van der Waals surface area contributed by atoms with E-state index in [9.17, 15) is 4.79 Å². The lowest BCUT2D eigenvalue weighted by Gasteiger charge is -2.28. The van der Waals surface area contributed by atoms with Crippen molar-refractivity contribution in [3.05, 3.63) is 51.3 Å². The number of nitrogens with zero attached hydrogens (tertiary/aromatic N) is 3. The van der Waals surface area contributed by atoms with Crippen LogP contribution < -0.4 is 14.4 Å². The number of amides is 1. The lowest BCUT2D eigenvalue weighted by Crippen LogP contribution is -2.29. The monoisotopic (exact) mass is 585 g/mol. The molecule has 8 heteroatoms. The van der Waals surface area contributed by atoms with Gasteiger partial charge < -0.3 is 14.4 Å². The van der Waals surface area contributed by atoms with Gasteiger partial charge in [0.15, 0.2) is 16.7 Å². The summed E-state index contributed by atoms with van der Waals surface area (Å²) in [6.07, 6.45) is 6.68. The third-order valence-corrected chi connectivity index (χ3v) is 8.12. The number of benzene rings is 2. The molecule has 2 aliphatic rings. The maximum Gasteiger partial charge on any atom is 0.266 e. The van der Waals surface area contributed by atoms with Gasteiger partial charge in [0.2, 0.25) is 0 Å². The molecule has 2 aliphatic heterocycles. The van der Waals surface area contributed by atoms with Crippen LogP contribution in [-0.2, 0) is 4.79 Å². The molecule has 0 radical (unpaired) electrons. The van der Waals surface area contributed by atoms with E-state index in [1.54, 1.807) is 4.90 Å². The first-order valence-corrected chi connectivity index (χ1v) is 14.8. The Kier molecular flexibility index (Phi) is 9.60. The van der Waals surface area contributed by atoms with Crippen molar-refractivity contribution < 1.29 is 14.3 Å². The Morgan fingerprint density at radius 3 is 2.49 bits per heavy atom. The van der Waals surface area contributed by atoms with Crippen LogP contribution in [-0.4, -0.2) is 48.3 Å². The topological polar surface area (TPSA) is 54.4 Å². The minimum absolute atomic E-state index is 0.0369. The van der Waals surface area contributed by atoms with Crippen LogP contribution >= 0.6 is 27.7 Å². The lowest BCUT2D eigenvalue weighted by molar-refractivity contribution is -0.122. The Labute approximate surface area is 233 Å². The number of rotatable bonds is 9. The first-order valence-electron chi connectivity index (χ1n) is 13.2. The number of hydrogen-bond donors (Lipinski definition) is 0. The molecule has 2 fully saturated rings. The highest BCUT2D eigenvalue weighted by Gasteiger charge is 2.32. The van der Waals surface area contributed by atoms with Gasteiger partial charge in [0.25, 0.3) is 5.91 Å². The fourth-order valence-corrected chi connectivity index (χ4v) is 5.97. The molecule has 0 unspecified atom stereocenters. The van der Waals surface area contributed by atoms with Crippen molar-refractivity contribution in [2.24, 2.45) is 4.99 Å². The second-order valence-electron chi connectivity index (χ2n) is 9.22. The van der Waals surface area contributed by atoms with Crippen molar-refractivity contribution in [3.8, 4) is 11.5 Å². The summed E-state index contributed by atoms with van der Waals surface area (Å²) in [5.74, 6) is 1.31. The highest BCUT2D eigenvalue weighted by molar-refractivity contribution is 9.10. The van der Waals surface area contributed by atoms with Gasteiger partial charge >= 0.3 is 0 Å². The van der Waals surface area contributed by atoms with Crippen LogP contribution in [0.2, 0.25) is 0 Å². The SMILES string of the molecule is CCOc1cc(/C=C2\SC(=Nc3ccc(N4CCCCC4)cc3)N(CC)C2=O)cc(Br)c1O[C@@H](C)CC. The number of halogens is 1. The van der Waals surface area contributed by atoms with Gasteiger partial charge in [-0.15, -0.1) is 0 Å². The molecule has 2 aromatic rings. The quantitative estimate of drug-likeness (QED) is 0.283. The number of piperidine rings is 1. The first kappa shape index (κ1) is 27.6. The van der Waals surface area contributed by atoms with Gasteiger partial charge in [0.1, 0.15) is 0 Å². The summed E-state index contributed by atoms with van der Waals surface area (Å²) in [6.45, 7) is 11.3. The minimum atomic E-state index is -0.0369. The van der Waals surface area contributed by atoms with Gasteiger partial charge in [0.05, 0.1) is 27.8 Å². The smallest absolute Gasteiger partial charge is 0.266 e. The molecule has 6 nitrogen and oxygen atoms in total. The van der Waals surface area contributed by atoms with Crippen LogP contribution in [0.5, 0.6) is 11.5 Å².